The quantitative estimate of drug-likeness (QED) is 0.783. The summed E-state index contributed by atoms with van der Waals surface area (Å²) in [5, 5.41) is 10.9. The number of aliphatic carboxylic acids is 1. The fourth-order valence-corrected chi connectivity index (χ4v) is 1.93. The van der Waals surface area contributed by atoms with Crippen LogP contribution < -0.4 is 5.73 Å². The second-order valence-corrected chi connectivity index (χ2v) is 3.75. The third-order valence-electron chi connectivity index (χ3n) is 1.41. The van der Waals surface area contributed by atoms with E-state index in [1.165, 1.54) is 11.3 Å². The van der Waals surface area contributed by atoms with Crippen LogP contribution in [0.15, 0.2) is 11.4 Å². The summed E-state index contributed by atoms with van der Waals surface area (Å²) in [6.45, 7) is 0. The Morgan fingerprint density at radius 3 is 2.92 bits per heavy atom. The summed E-state index contributed by atoms with van der Waals surface area (Å²) in [5.41, 5.74) is 5.33. The van der Waals surface area contributed by atoms with Gasteiger partial charge in [-0.25, -0.2) is 0 Å². The number of halogens is 1. The maximum atomic E-state index is 10.4. The van der Waals surface area contributed by atoms with Crippen molar-refractivity contribution in [2.45, 2.75) is 12.5 Å². The van der Waals surface area contributed by atoms with E-state index in [9.17, 15) is 4.79 Å². The van der Waals surface area contributed by atoms with Crippen molar-refractivity contribution in [2.24, 2.45) is 5.73 Å². The molecule has 5 heteroatoms. The molecule has 0 fully saturated rings. The standard InChI is InChI=1S/C7H8ClNO2S/c8-4-1-2-12-6(4)3-5(9)7(10)11/h1-2,5H,3,9H2,(H,10,11)/t5-/m1/s1. The first kappa shape index (κ1) is 9.51. The Balaban J connectivity index is 2.64. The maximum Gasteiger partial charge on any atom is 0.320 e. The third kappa shape index (κ3) is 2.20. The van der Waals surface area contributed by atoms with E-state index in [4.69, 9.17) is 22.4 Å². The second kappa shape index (κ2) is 3.89. The number of carbonyl (C=O) groups is 1. The Hall–Kier alpha value is -0.580. The van der Waals surface area contributed by atoms with E-state index >= 15 is 0 Å². The molecule has 1 aromatic heterocycles. The molecule has 3 nitrogen and oxygen atoms in total. The minimum absolute atomic E-state index is 0.297. The molecule has 1 atom stereocenters. The number of hydrogen-bond acceptors (Lipinski definition) is 3. The van der Waals surface area contributed by atoms with Crippen LogP contribution in [-0.4, -0.2) is 17.1 Å². The van der Waals surface area contributed by atoms with Gasteiger partial charge < -0.3 is 10.8 Å². The van der Waals surface area contributed by atoms with Crippen LogP contribution in [0.25, 0.3) is 0 Å². The van der Waals surface area contributed by atoms with Crippen molar-refractivity contribution in [3.8, 4) is 0 Å². The zero-order valence-corrected chi connectivity index (χ0v) is 7.73. The molecule has 0 aromatic carbocycles. The Bertz CT molecular complexity index is 287. The molecule has 66 valence electrons. The molecule has 0 amide bonds. The summed E-state index contributed by atoms with van der Waals surface area (Å²) in [5.74, 6) is -1.00. The van der Waals surface area contributed by atoms with Gasteiger partial charge in [0.05, 0.1) is 5.02 Å². The van der Waals surface area contributed by atoms with Crippen molar-refractivity contribution in [2.75, 3.05) is 0 Å². The van der Waals surface area contributed by atoms with Crippen molar-refractivity contribution < 1.29 is 9.90 Å². The van der Waals surface area contributed by atoms with E-state index in [0.717, 1.165) is 4.88 Å². The summed E-state index contributed by atoms with van der Waals surface area (Å²) in [7, 11) is 0. The average Bonchev–Trinajstić information content (AvgIpc) is 2.36. The van der Waals surface area contributed by atoms with Crippen LogP contribution in [0.4, 0.5) is 0 Å². The van der Waals surface area contributed by atoms with Gasteiger partial charge in [0.2, 0.25) is 0 Å². The van der Waals surface area contributed by atoms with E-state index in [2.05, 4.69) is 0 Å². The third-order valence-corrected chi connectivity index (χ3v) is 2.82. The molecule has 1 heterocycles. The summed E-state index contributed by atoms with van der Waals surface area (Å²) in [4.78, 5) is 11.2. The molecule has 0 aliphatic rings. The molecule has 0 radical (unpaired) electrons. The van der Waals surface area contributed by atoms with E-state index in [-0.39, 0.29) is 0 Å². The summed E-state index contributed by atoms with van der Waals surface area (Å²) in [6.07, 6.45) is 0.297. The van der Waals surface area contributed by atoms with E-state index in [0.29, 0.717) is 11.4 Å². The molecule has 0 saturated heterocycles. The number of carboxylic acids is 1. The highest BCUT2D eigenvalue weighted by Crippen LogP contribution is 2.22. The van der Waals surface area contributed by atoms with Crippen LogP contribution in [0.1, 0.15) is 4.88 Å². The van der Waals surface area contributed by atoms with Gasteiger partial charge in [0, 0.05) is 11.3 Å². The van der Waals surface area contributed by atoms with Crippen LogP contribution >= 0.6 is 22.9 Å². The molecule has 12 heavy (non-hydrogen) atoms. The van der Waals surface area contributed by atoms with Gasteiger partial charge in [0.25, 0.3) is 0 Å². The fourth-order valence-electron chi connectivity index (χ4n) is 0.758. The summed E-state index contributed by atoms with van der Waals surface area (Å²) < 4.78 is 0. The fraction of sp³-hybridized carbons (Fsp3) is 0.286. The molecule has 0 aliphatic carbocycles. The van der Waals surface area contributed by atoms with Gasteiger partial charge in [-0.15, -0.1) is 11.3 Å². The number of rotatable bonds is 3. The first-order chi connectivity index (χ1) is 5.61. The maximum absolute atomic E-state index is 10.4. The van der Waals surface area contributed by atoms with E-state index in [1.807, 2.05) is 5.38 Å². The molecule has 0 spiro atoms. The summed E-state index contributed by atoms with van der Waals surface area (Å²) >= 11 is 7.17. The van der Waals surface area contributed by atoms with Gasteiger partial charge in [0.15, 0.2) is 0 Å². The zero-order chi connectivity index (χ0) is 9.14. The SMILES string of the molecule is N[C@H](Cc1sccc1Cl)C(=O)O. The first-order valence-corrected chi connectivity index (χ1v) is 4.57. The van der Waals surface area contributed by atoms with Crippen molar-refractivity contribution in [1.82, 2.24) is 0 Å². The molecule has 3 N–H and O–H groups in total. The van der Waals surface area contributed by atoms with Gasteiger partial charge in [0.1, 0.15) is 6.04 Å². The van der Waals surface area contributed by atoms with Crippen LogP contribution in [-0.2, 0) is 11.2 Å². The minimum atomic E-state index is -1.00. The van der Waals surface area contributed by atoms with E-state index < -0.39 is 12.0 Å². The molecule has 0 aliphatic heterocycles. The molecular formula is C7H8ClNO2S. The molecular weight excluding hydrogens is 198 g/mol. The largest absolute Gasteiger partial charge is 0.480 e. The van der Waals surface area contributed by atoms with Crippen molar-refractivity contribution in [3.05, 3.63) is 21.3 Å². The van der Waals surface area contributed by atoms with Crippen molar-refractivity contribution >= 4 is 28.9 Å². The topological polar surface area (TPSA) is 63.3 Å². The normalized spacial score (nSPS) is 12.8. The molecule has 0 unspecified atom stereocenters. The van der Waals surface area contributed by atoms with Crippen LogP contribution in [0.5, 0.6) is 0 Å². The van der Waals surface area contributed by atoms with Crippen LogP contribution in [0, 0.1) is 0 Å². The van der Waals surface area contributed by atoms with Crippen molar-refractivity contribution in [3.63, 3.8) is 0 Å². The van der Waals surface area contributed by atoms with Gasteiger partial charge >= 0.3 is 5.97 Å². The number of nitrogens with two attached hydrogens (primary N) is 1. The van der Waals surface area contributed by atoms with Crippen LogP contribution in [0.2, 0.25) is 5.02 Å². The van der Waals surface area contributed by atoms with Crippen LogP contribution in [0.3, 0.4) is 0 Å². The van der Waals surface area contributed by atoms with Crippen molar-refractivity contribution in [1.29, 1.82) is 0 Å². The first-order valence-electron chi connectivity index (χ1n) is 3.31. The molecule has 0 bridgehead atoms. The monoisotopic (exact) mass is 205 g/mol. The number of hydrogen-bond donors (Lipinski definition) is 2. The lowest BCUT2D eigenvalue weighted by atomic mass is 10.2. The average molecular weight is 206 g/mol. The Kier molecular flexibility index (Phi) is 3.08. The minimum Gasteiger partial charge on any atom is -0.480 e. The van der Waals surface area contributed by atoms with E-state index in [1.54, 1.807) is 6.07 Å². The van der Waals surface area contributed by atoms with Gasteiger partial charge in [-0.1, -0.05) is 11.6 Å². The number of thiophene rings is 1. The molecule has 1 rings (SSSR count). The smallest absolute Gasteiger partial charge is 0.320 e. The molecule has 0 saturated carbocycles. The Labute approximate surface area is 78.8 Å². The lowest BCUT2D eigenvalue weighted by molar-refractivity contribution is -0.138. The van der Waals surface area contributed by atoms with Gasteiger partial charge in [-0.3, -0.25) is 4.79 Å². The van der Waals surface area contributed by atoms with Gasteiger partial charge in [-0.2, -0.15) is 0 Å². The highest BCUT2D eigenvalue weighted by molar-refractivity contribution is 7.10. The Morgan fingerprint density at radius 1 is 1.83 bits per heavy atom. The Morgan fingerprint density at radius 2 is 2.50 bits per heavy atom. The predicted octanol–water partition coefficient (Wildman–Crippen LogP) is 1.36. The lowest BCUT2D eigenvalue weighted by Crippen LogP contribution is -2.31. The molecule has 1 aromatic rings. The predicted molar refractivity (Wildman–Crippen MR) is 48.6 cm³/mol. The summed E-state index contributed by atoms with van der Waals surface area (Å²) in [6, 6.07) is 0.872. The second-order valence-electron chi connectivity index (χ2n) is 2.34. The number of carboxylic acid groups (broad SMARTS) is 1. The van der Waals surface area contributed by atoms with Gasteiger partial charge in [-0.05, 0) is 11.4 Å². The highest BCUT2D eigenvalue weighted by Gasteiger charge is 2.14. The highest BCUT2D eigenvalue weighted by atomic mass is 35.5. The zero-order valence-electron chi connectivity index (χ0n) is 6.16. The lowest BCUT2D eigenvalue weighted by Gasteiger charge is -2.03.